The van der Waals surface area contributed by atoms with Gasteiger partial charge in [0, 0.05) is 60.7 Å². The van der Waals surface area contributed by atoms with Gasteiger partial charge in [-0.2, -0.15) is 0 Å². The lowest BCUT2D eigenvalue weighted by Gasteiger charge is -2.39. The minimum absolute atomic E-state index is 0.614. The number of para-hydroxylation sites is 5. The van der Waals surface area contributed by atoms with Crippen LogP contribution in [-0.2, 0) is 5.41 Å². The number of ether oxygens (including phenoxy) is 1. The predicted molar refractivity (Wildman–Crippen MR) is 308 cm³/mol. The van der Waals surface area contributed by atoms with Gasteiger partial charge in [-0.3, -0.25) is 0 Å². The van der Waals surface area contributed by atoms with Crippen molar-refractivity contribution in [2.24, 2.45) is 0 Å². The molecule has 0 radical (unpaired) electrons. The maximum atomic E-state index is 6.76. The lowest BCUT2D eigenvalue weighted by Crippen LogP contribution is -2.32. The SMILES string of the molecule is c1ccc(-c2nc(-c3ccccc3)nc(-c3cccc4c3-c3cc(-c5ccc(-n6c7ccccc7c7ccc8c(c9ccccc9n8-c8ccccc8)c76)cc5)ccc3C43c4ccccc4Oc4ccccc43)n2)cc1. The molecule has 2 aliphatic rings. The van der Waals surface area contributed by atoms with E-state index in [4.69, 9.17) is 19.7 Å². The maximum Gasteiger partial charge on any atom is 0.164 e. The Morgan fingerprint density at radius 2 is 0.855 bits per heavy atom. The minimum atomic E-state index is -0.697. The fourth-order valence-corrected chi connectivity index (χ4v) is 12.7. The number of aromatic nitrogens is 5. The van der Waals surface area contributed by atoms with Gasteiger partial charge in [0.25, 0.3) is 0 Å². The van der Waals surface area contributed by atoms with Crippen molar-refractivity contribution in [2.45, 2.75) is 5.41 Å². The number of hydrogen-bond donors (Lipinski definition) is 0. The van der Waals surface area contributed by atoms with Gasteiger partial charge in [-0.05, 0) is 94.0 Å². The van der Waals surface area contributed by atoms with Crippen molar-refractivity contribution in [1.82, 2.24) is 24.1 Å². The average molecular weight is 970 g/mol. The van der Waals surface area contributed by atoms with Gasteiger partial charge in [0.2, 0.25) is 0 Å². The van der Waals surface area contributed by atoms with Crippen LogP contribution in [0.3, 0.4) is 0 Å². The molecule has 14 aromatic rings. The van der Waals surface area contributed by atoms with E-state index in [9.17, 15) is 0 Å². The van der Waals surface area contributed by atoms with Crippen molar-refractivity contribution < 1.29 is 4.74 Å². The van der Waals surface area contributed by atoms with Crippen LogP contribution in [0.4, 0.5) is 0 Å². The van der Waals surface area contributed by atoms with Gasteiger partial charge in [-0.25, -0.2) is 15.0 Å². The van der Waals surface area contributed by atoms with Gasteiger partial charge in [-0.15, -0.1) is 0 Å². The Bertz CT molecular complexity index is 4550. The first-order valence-corrected chi connectivity index (χ1v) is 25.8. The van der Waals surface area contributed by atoms with Gasteiger partial charge in [0.1, 0.15) is 11.5 Å². The average Bonchev–Trinajstić information content (AvgIpc) is 4.19. The molecule has 0 unspecified atom stereocenters. The van der Waals surface area contributed by atoms with Crippen LogP contribution < -0.4 is 4.74 Å². The minimum Gasteiger partial charge on any atom is -0.457 e. The molecule has 76 heavy (non-hydrogen) atoms. The van der Waals surface area contributed by atoms with E-state index in [0.29, 0.717) is 17.5 Å². The van der Waals surface area contributed by atoms with E-state index in [2.05, 4.69) is 234 Å². The number of fused-ring (bicyclic) bond motifs is 16. The largest absolute Gasteiger partial charge is 0.457 e. The second-order valence-electron chi connectivity index (χ2n) is 19.8. The second kappa shape index (κ2) is 16.4. The van der Waals surface area contributed by atoms with E-state index in [-0.39, 0.29) is 0 Å². The van der Waals surface area contributed by atoms with Crippen molar-refractivity contribution in [3.63, 3.8) is 0 Å². The molecule has 4 heterocycles. The molecule has 1 spiro atoms. The molecule has 3 aromatic heterocycles. The highest BCUT2D eigenvalue weighted by atomic mass is 16.5. The molecule has 16 rings (SSSR count). The molecule has 0 amide bonds. The van der Waals surface area contributed by atoms with Crippen LogP contribution in [0, 0.1) is 0 Å². The Morgan fingerprint density at radius 1 is 0.316 bits per heavy atom. The Labute approximate surface area is 438 Å². The highest BCUT2D eigenvalue weighted by Crippen LogP contribution is 2.63. The molecule has 0 fully saturated rings. The Morgan fingerprint density at radius 3 is 1.54 bits per heavy atom. The van der Waals surface area contributed by atoms with Crippen molar-refractivity contribution in [1.29, 1.82) is 0 Å². The molecule has 6 heteroatoms. The van der Waals surface area contributed by atoms with Crippen molar-refractivity contribution in [3.05, 3.63) is 283 Å². The lowest BCUT2D eigenvalue weighted by molar-refractivity contribution is 0.436. The van der Waals surface area contributed by atoms with Gasteiger partial charge in [-0.1, -0.05) is 200 Å². The molecular weight excluding hydrogens is 927 g/mol. The van der Waals surface area contributed by atoms with E-state index in [1.165, 1.54) is 49.2 Å². The van der Waals surface area contributed by atoms with E-state index in [1.54, 1.807) is 0 Å². The summed E-state index contributed by atoms with van der Waals surface area (Å²) in [6.07, 6.45) is 0. The fourth-order valence-electron chi connectivity index (χ4n) is 12.7. The summed E-state index contributed by atoms with van der Waals surface area (Å²) in [5, 5.41) is 4.91. The third kappa shape index (κ3) is 6.06. The molecule has 1 aliphatic heterocycles. The Hall–Kier alpha value is -10.2. The summed E-state index contributed by atoms with van der Waals surface area (Å²) in [5.41, 5.74) is 18.0. The third-order valence-electron chi connectivity index (χ3n) is 15.8. The van der Waals surface area contributed by atoms with E-state index >= 15 is 0 Å². The highest BCUT2D eigenvalue weighted by molar-refractivity contribution is 6.26. The van der Waals surface area contributed by atoms with Crippen LogP contribution in [0.5, 0.6) is 11.5 Å². The molecular formula is C70H43N5O. The first-order valence-electron chi connectivity index (χ1n) is 25.8. The second-order valence-corrected chi connectivity index (χ2v) is 19.8. The predicted octanol–water partition coefficient (Wildman–Crippen LogP) is 17.2. The quantitative estimate of drug-likeness (QED) is 0.167. The summed E-state index contributed by atoms with van der Waals surface area (Å²) < 4.78 is 11.6. The zero-order valence-corrected chi connectivity index (χ0v) is 41.0. The van der Waals surface area contributed by atoms with E-state index in [0.717, 1.165) is 78.5 Å². The topological polar surface area (TPSA) is 57.8 Å². The molecule has 11 aromatic carbocycles. The van der Waals surface area contributed by atoms with Crippen molar-refractivity contribution >= 4 is 43.6 Å². The summed E-state index contributed by atoms with van der Waals surface area (Å²) in [6.45, 7) is 0. The van der Waals surface area contributed by atoms with Crippen LogP contribution in [0.15, 0.2) is 261 Å². The van der Waals surface area contributed by atoms with Crippen LogP contribution in [0.1, 0.15) is 22.3 Å². The smallest absolute Gasteiger partial charge is 0.164 e. The number of hydrogen-bond acceptors (Lipinski definition) is 4. The van der Waals surface area contributed by atoms with Gasteiger partial charge < -0.3 is 13.9 Å². The standard InChI is InChI=1S/C70H43N5O/c1-4-19-45(20-5-1)67-71-68(46-21-6-2-7-22-46)73-69(72-67)53-27-18-30-58-64(53)54-43-47(37-41-55(54)70(58)56-28-12-16-33-62(56)76-63-34-17-13-29-57(63)70)44-35-38-49(39-36-44)75-59-31-14-10-25-50(59)51-40-42-61-65(66(51)75)52-26-11-15-32-60(52)74(61)48-23-8-3-9-24-48/h1-43H. The van der Waals surface area contributed by atoms with Crippen LogP contribution >= 0.6 is 0 Å². The zero-order valence-electron chi connectivity index (χ0n) is 41.0. The first-order chi connectivity index (χ1) is 37.7. The summed E-state index contributed by atoms with van der Waals surface area (Å²) in [6, 6.07) is 93.2. The normalized spacial score (nSPS) is 12.9. The summed E-state index contributed by atoms with van der Waals surface area (Å²) in [7, 11) is 0. The lowest BCUT2D eigenvalue weighted by atomic mass is 9.66. The highest BCUT2D eigenvalue weighted by Gasteiger charge is 2.52. The van der Waals surface area contributed by atoms with Crippen molar-refractivity contribution in [3.8, 4) is 79.3 Å². The number of nitrogens with zero attached hydrogens (tertiary/aromatic N) is 5. The van der Waals surface area contributed by atoms with Gasteiger partial charge in [0.05, 0.1) is 27.5 Å². The molecule has 354 valence electrons. The van der Waals surface area contributed by atoms with Crippen LogP contribution in [0.2, 0.25) is 0 Å². The molecule has 1 aliphatic carbocycles. The van der Waals surface area contributed by atoms with Crippen LogP contribution in [0.25, 0.3) is 111 Å². The molecule has 0 saturated carbocycles. The summed E-state index contributed by atoms with van der Waals surface area (Å²) in [5.74, 6) is 3.54. The number of benzene rings is 11. The Balaban J connectivity index is 0.914. The number of rotatable bonds is 6. The summed E-state index contributed by atoms with van der Waals surface area (Å²) in [4.78, 5) is 15.8. The third-order valence-corrected chi connectivity index (χ3v) is 15.8. The monoisotopic (exact) mass is 969 g/mol. The molecule has 0 bridgehead atoms. The zero-order chi connectivity index (χ0) is 49.9. The van der Waals surface area contributed by atoms with E-state index < -0.39 is 5.41 Å². The molecule has 0 atom stereocenters. The Kier molecular flexibility index (Phi) is 9.15. The fraction of sp³-hybridized carbons (Fsp3) is 0.0143. The van der Waals surface area contributed by atoms with Gasteiger partial charge in [0.15, 0.2) is 17.5 Å². The van der Waals surface area contributed by atoms with Crippen molar-refractivity contribution in [2.75, 3.05) is 0 Å². The molecule has 0 saturated heterocycles. The maximum absolute atomic E-state index is 6.76. The molecule has 6 nitrogen and oxygen atoms in total. The first kappa shape index (κ1) is 42.3. The van der Waals surface area contributed by atoms with E-state index in [1.807, 2.05) is 36.4 Å². The molecule has 0 N–H and O–H groups in total. The summed E-state index contributed by atoms with van der Waals surface area (Å²) >= 11 is 0. The van der Waals surface area contributed by atoms with Crippen LogP contribution in [-0.4, -0.2) is 24.1 Å². The van der Waals surface area contributed by atoms with Gasteiger partial charge >= 0.3 is 0 Å².